The predicted octanol–water partition coefficient (Wildman–Crippen LogP) is 3.19. The maximum Gasteiger partial charge on any atom is 0.252 e. The van der Waals surface area contributed by atoms with Gasteiger partial charge in [-0.25, -0.2) is 8.42 Å². The van der Waals surface area contributed by atoms with E-state index in [1.54, 1.807) is 31.4 Å². The van der Waals surface area contributed by atoms with E-state index in [9.17, 15) is 13.2 Å². The first-order valence-corrected chi connectivity index (χ1v) is 12.5. The largest absolute Gasteiger partial charge is 0.497 e. The maximum atomic E-state index is 12.6. The van der Waals surface area contributed by atoms with Crippen LogP contribution in [0.4, 0.5) is 0 Å². The predicted molar refractivity (Wildman–Crippen MR) is 120 cm³/mol. The Hall–Kier alpha value is -2.03. The Kier molecular flexibility index (Phi) is 6.09. The fourth-order valence-electron chi connectivity index (χ4n) is 3.67. The van der Waals surface area contributed by atoms with Crippen molar-refractivity contribution in [3.63, 3.8) is 0 Å². The smallest absolute Gasteiger partial charge is 0.252 e. The summed E-state index contributed by atoms with van der Waals surface area (Å²) in [6.07, 6.45) is 0.172. The summed E-state index contributed by atoms with van der Waals surface area (Å²) in [5.74, 6) is 0.696. The van der Waals surface area contributed by atoms with Gasteiger partial charge in [0.15, 0.2) is 15.0 Å². The molecule has 0 aromatic heterocycles. The van der Waals surface area contributed by atoms with Crippen LogP contribution in [0.2, 0.25) is 5.02 Å². The lowest BCUT2D eigenvalue weighted by molar-refractivity contribution is -0.117. The van der Waals surface area contributed by atoms with Crippen LogP contribution in [0.5, 0.6) is 5.75 Å². The van der Waals surface area contributed by atoms with Gasteiger partial charge in [0.05, 0.1) is 31.1 Å². The summed E-state index contributed by atoms with van der Waals surface area (Å²) in [6, 6.07) is 14.5. The van der Waals surface area contributed by atoms with E-state index in [1.807, 2.05) is 29.2 Å². The van der Waals surface area contributed by atoms with Crippen LogP contribution in [0.1, 0.15) is 11.1 Å². The van der Waals surface area contributed by atoms with Gasteiger partial charge < -0.3 is 9.64 Å². The van der Waals surface area contributed by atoms with Gasteiger partial charge in [0, 0.05) is 16.8 Å². The van der Waals surface area contributed by atoms with Crippen molar-refractivity contribution in [2.45, 2.75) is 24.3 Å². The van der Waals surface area contributed by atoms with Crippen LogP contribution >= 0.6 is 23.4 Å². The first-order chi connectivity index (χ1) is 14.3. The van der Waals surface area contributed by atoms with E-state index in [2.05, 4.69) is 4.99 Å². The number of aliphatic imine (C=N–C) groups is 1. The van der Waals surface area contributed by atoms with E-state index in [0.717, 1.165) is 16.9 Å². The number of rotatable bonds is 5. The number of fused-ring (bicyclic) bond motifs is 1. The molecule has 0 radical (unpaired) electrons. The Bertz CT molecular complexity index is 1070. The summed E-state index contributed by atoms with van der Waals surface area (Å²) in [7, 11) is -1.47. The fourth-order valence-corrected chi connectivity index (χ4v) is 7.77. The van der Waals surface area contributed by atoms with Gasteiger partial charge in [0.25, 0.3) is 5.91 Å². The Morgan fingerprint density at radius 1 is 1.13 bits per heavy atom. The Labute approximate surface area is 185 Å². The van der Waals surface area contributed by atoms with Gasteiger partial charge in [-0.15, -0.1) is 0 Å². The van der Waals surface area contributed by atoms with Crippen LogP contribution in [0, 0.1) is 0 Å². The summed E-state index contributed by atoms with van der Waals surface area (Å²) in [5, 5.41) is 1.11. The Morgan fingerprint density at radius 3 is 2.47 bits per heavy atom. The third-order valence-corrected chi connectivity index (χ3v) is 8.68. The summed E-state index contributed by atoms with van der Waals surface area (Å²) < 4.78 is 29.5. The van der Waals surface area contributed by atoms with Crippen molar-refractivity contribution in [2.75, 3.05) is 18.6 Å². The average Bonchev–Trinajstić information content (AvgIpc) is 3.16. The minimum atomic E-state index is -3.08. The molecule has 2 fully saturated rings. The van der Waals surface area contributed by atoms with Crippen molar-refractivity contribution >= 4 is 44.3 Å². The zero-order valence-corrected chi connectivity index (χ0v) is 18.7. The Balaban J connectivity index is 1.55. The molecule has 2 heterocycles. The van der Waals surface area contributed by atoms with Crippen molar-refractivity contribution in [1.82, 2.24) is 4.90 Å². The molecule has 0 unspecified atom stereocenters. The van der Waals surface area contributed by atoms with Gasteiger partial charge >= 0.3 is 0 Å². The molecular formula is C21H21ClN2O4S2. The number of carbonyl (C=O) groups is 1. The second kappa shape index (κ2) is 8.61. The number of halogens is 1. The SMILES string of the molecule is COc1ccc(CN2C(=NC(=O)Cc3ccc(Cl)cc3)S[C@@H]3CS(=O)(=O)C[C@@H]32)cc1. The number of ether oxygens (including phenoxy) is 1. The first kappa shape index (κ1) is 21.2. The van der Waals surface area contributed by atoms with Crippen molar-refractivity contribution in [1.29, 1.82) is 0 Å². The third-order valence-electron chi connectivity index (χ3n) is 5.18. The van der Waals surface area contributed by atoms with Gasteiger partial charge in [-0.3, -0.25) is 4.79 Å². The van der Waals surface area contributed by atoms with Crippen molar-refractivity contribution < 1.29 is 17.9 Å². The molecule has 6 nitrogen and oxygen atoms in total. The minimum absolute atomic E-state index is 0.0885. The average molecular weight is 465 g/mol. The molecule has 4 rings (SSSR count). The van der Waals surface area contributed by atoms with E-state index in [4.69, 9.17) is 16.3 Å². The zero-order chi connectivity index (χ0) is 21.3. The molecule has 1 amide bonds. The monoisotopic (exact) mass is 464 g/mol. The third kappa shape index (κ3) is 4.82. The van der Waals surface area contributed by atoms with Gasteiger partial charge in [0.1, 0.15) is 5.75 Å². The number of sulfone groups is 1. The Morgan fingerprint density at radius 2 is 1.80 bits per heavy atom. The molecule has 0 spiro atoms. The van der Waals surface area contributed by atoms with Gasteiger partial charge in [0.2, 0.25) is 0 Å². The highest BCUT2D eigenvalue weighted by molar-refractivity contribution is 8.15. The molecule has 2 aromatic carbocycles. The normalized spacial score (nSPS) is 23.5. The number of amides is 1. The van der Waals surface area contributed by atoms with Crippen molar-refractivity contribution in [2.24, 2.45) is 4.99 Å². The summed E-state index contributed by atoms with van der Waals surface area (Å²) in [4.78, 5) is 18.9. The lowest BCUT2D eigenvalue weighted by Crippen LogP contribution is -2.37. The van der Waals surface area contributed by atoms with Crippen LogP contribution in [-0.4, -0.2) is 54.3 Å². The van der Waals surface area contributed by atoms with Gasteiger partial charge in [-0.05, 0) is 35.4 Å². The number of benzene rings is 2. The highest BCUT2D eigenvalue weighted by Gasteiger charge is 2.48. The molecule has 2 aromatic rings. The molecule has 0 N–H and O–H groups in total. The fraction of sp³-hybridized carbons (Fsp3) is 0.333. The molecule has 0 saturated carbocycles. The number of amidine groups is 1. The van der Waals surface area contributed by atoms with E-state index < -0.39 is 9.84 Å². The molecule has 2 aliphatic heterocycles. The molecule has 158 valence electrons. The summed E-state index contributed by atoms with van der Waals surface area (Å²) >= 11 is 7.29. The molecule has 2 aliphatic rings. The standard InChI is InChI=1S/C21H21ClN2O4S2/c1-28-17-8-4-15(5-9-17)11-24-18-12-30(26,27)13-19(18)29-21(24)23-20(25)10-14-2-6-16(22)7-3-14/h2-9,18-19H,10-13H2,1H3/t18-,19+/m0/s1. The van der Waals surface area contributed by atoms with Crippen LogP contribution in [0.25, 0.3) is 0 Å². The number of methoxy groups -OCH3 is 1. The maximum absolute atomic E-state index is 12.6. The lowest BCUT2D eigenvalue weighted by atomic mass is 10.1. The minimum Gasteiger partial charge on any atom is -0.497 e. The molecule has 0 bridgehead atoms. The molecule has 30 heavy (non-hydrogen) atoms. The van der Waals surface area contributed by atoms with Crippen molar-refractivity contribution in [3.05, 3.63) is 64.7 Å². The number of hydrogen-bond acceptors (Lipinski definition) is 5. The molecular weight excluding hydrogens is 444 g/mol. The van der Waals surface area contributed by atoms with E-state index in [-0.39, 0.29) is 35.1 Å². The molecule has 2 saturated heterocycles. The highest BCUT2D eigenvalue weighted by Crippen LogP contribution is 2.39. The zero-order valence-electron chi connectivity index (χ0n) is 16.3. The quantitative estimate of drug-likeness (QED) is 0.676. The second-order valence-electron chi connectivity index (χ2n) is 7.37. The summed E-state index contributed by atoms with van der Waals surface area (Å²) in [5.41, 5.74) is 1.83. The van der Waals surface area contributed by atoms with Crippen LogP contribution < -0.4 is 4.74 Å². The topological polar surface area (TPSA) is 76.0 Å². The number of carbonyl (C=O) groups excluding carboxylic acids is 1. The van der Waals surface area contributed by atoms with Gasteiger partial charge in [-0.2, -0.15) is 4.99 Å². The lowest BCUT2D eigenvalue weighted by Gasteiger charge is -2.24. The number of nitrogens with zero attached hydrogens (tertiary/aromatic N) is 2. The number of hydrogen-bond donors (Lipinski definition) is 0. The first-order valence-electron chi connectivity index (χ1n) is 9.45. The van der Waals surface area contributed by atoms with E-state index in [1.165, 1.54) is 11.8 Å². The van der Waals surface area contributed by atoms with E-state index >= 15 is 0 Å². The molecule has 9 heteroatoms. The number of thioether (sulfide) groups is 1. The second-order valence-corrected chi connectivity index (χ2v) is 11.2. The van der Waals surface area contributed by atoms with Crippen LogP contribution in [0.15, 0.2) is 53.5 Å². The van der Waals surface area contributed by atoms with Crippen molar-refractivity contribution in [3.8, 4) is 5.75 Å². The van der Waals surface area contributed by atoms with Crippen LogP contribution in [-0.2, 0) is 27.6 Å². The summed E-state index contributed by atoms with van der Waals surface area (Å²) in [6.45, 7) is 0.487. The molecule has 0 aliphatic carbocycles. The van der Waals surface area contributed by atoms with Crippen LogP contribution in [0.3, 0.4) is 0 Å². The van der Waals surface area contributed by atoms with Gasteiger partial charge in [-0.1, -0.05) is 47.6 Å². The molecule has 2 atom stereocenters. The van der Waals surface area contributed by atoms with E-state index in [0.29, 0.717) is 16.7 Å². The highest BCUT2D eigenvalue weighted by atomic mass is 35.5.